The van der Waals surface area contributed by atoms with Crippen molar-refractivity contribution in [3.05, 3.63) is 23.3 Å². The molecule has 0 bridgehead atoms. The molecular formula is C12H19BO2. The molecule has 0 heterocycles. The van der Waals surface area contributed by atoms with E-state index in [-0.39, 0.29) is 6.10 Å². The fourth-order valence-corrected chi connectivity index (χ4v) is 1.65. The molecule has 0 spiro atoms. The second-order valence-corrected chi connectivity index (χ2v) is 4.33. The van der Waals surface area contributed by atoms with Crippen molar-refractivity contribution in [3.8, 4) is 5.75 Å². The average molecular weight is 206 g/mol. The van der Waals surface area contributed by atoms with Crippen molar-refractivity contribution in [2.24, 2.45) is 0 Å². The third-order valence-electron chi connectivity index (χ3n) is 2.32. The van der Waals surface area contributed by atoms with Gasteiger partial charge in [0, 0.05) is 0 Å². The van der Waals surface area contributed by atoms with E-state index in [1.165, 1.54) is 0 Å². The summed E-state index contributed by atoms with van der Waals surface area (Å²) >= 11 is 0. The highest BCUT2D eigenvalue weighted by Gasteiger charge is 2.12. The molecule has 15 heavy (non-hydrogen) atoms. The number of rotatable bonds is 3. The SMILES string of the molecule is CB(O)c1cc(C)c(OC(C)C)c(C)c1. The van der Waals surface area contributed by atoms with Crippen LogP contribution in [0.4, 0.5) is 0 Å². The molecular weight excluding hydrogens is 187 g/mol. The van der Waals surface area contributed by atoms with Crippen LogP contribution in [0.1, 0.15) is 25.0 Å². The molecule has 0 aromatic heterocycles. The molecule has 0 radical (unpaired) electrons. The van der Waals surface area contributed by atoms with Crippen LogP contribution >= 0.6 is 0 Å². The first-order valence-electron chi connectivity index (χ1n) is 5.37. The molecule has 1 N–H and O–H groups in total. The summed E-state index contributed by atoms with van der Waals surface area (Å²) < 4.78 is 5.73. The highest BCUT2D eigenvalue weighted by Crippen LogP contribution is 2.22. The van der Waals surface area contributed by atoms with Gasteiger partial charge in [-0.05, 0) is 44.3 Å². The predicted octanol–water partition coefficient (Wildman–Crippen LogP) is 1.91. The van der Waals surface area contributed by atoms with Crippen molar-refractivity contribution in [2.75, 3.05) is 0 Å². The number of benzene rings is 1. The Morgan fingerprint density at radius 3 is 2.00 bits per heavy atom. The van der Waals surface area contributed by atoms with Crippen LogP contribution in [-0.4, -0.2) is 18.0 Å². The molecule has 0 saturated carbocycles. The third kappa shape index (κ3) is 3.00. The van der Waals surface area contributed by atoms with Crippen LogP contribution in [0.25, 0.3) is 0 Å². The molecule has 1 rings (SSSR count). The Morgan fingerprint density at radius 1 is 1.20 bits per heavy atom. The van der Waals surface area contributed by atoms with E-state index in [0.717, 1.165) is 22.3 Å². The van der Waals surface area contributed by atoms with Gasteiger partial charge < -0.3 is 9.76 Å². The first kappa shape index (κ1) is 12.1. The molecule has 1 aromatic rings. The molecule has 0 aliphatic carbocycles. The van der Waals surface area contributed by atoms with E-state index >= 15 is 0 Å². The Labute approximate surface area is 92.4 Å². The summed E-state index contributed by atoms with van der Waals surface area (Å²) in [6.45, 7) is 9.41. The Hall–Kier alpha value is -0.955. The van der Waals surface area contributed by atoms with Crippen LogP contribution in [-0.2, 0) is 0 Å². The monoisotopic (exact) mass is 206 g/mol. The molecule has 0 fully saturated rings. The smallest absolute Gasteiger partial charge is 0.320 e. The summed E-state index contributed by atoms with van der Waals surface area (Å²) in [7, 11) is 0. The largest absolute Gasteiger partial charge is 0.490 e. The second kappa shape index (κ2) is 4.71. The van der Waals surface area contributed by atoms with Gasteiger partial charge in [0.05, 0.1) is 6.10 Å². The summed E-state index contributed by atoms with van der Waals surface area (Å²) in [6.07, 6.45) is 0.180. The fourth-order valence-electron chi connectivity index (χ4n) is 1.65. The first-order chi connectivity index (χ1) is 6.91. The van der Waals surface area contributed by atoms with Crippen LogP contribution < -0.4 is 10.2 Å². The lowest BCUT2D eigenvalue weighted by molar-refractivity contribution is 0.239. The lowest BCUT2D eigenvalue weighted by Crippen LogP contribution is -2.27. The molecule has 0 unspecified atom stereocenters. The number of hydrogen-bond donors (Lipinski definition) is 1. The van der Waals surface area contributed by atoms with E-state index in [1.807, 2.05) is 39.8 Å². The van der Waals surface area contributed by atoms with Gasteiger partial charge >= 0.3 is 6.92 Å². The lowest BCUT2D eigenvalue weighted by Gasteiger charge is -2.16. The molecule has 3 heteroatoms. The molecule has 0 aliphatic rings. The fraction of sp³-hybridized carbons (Fsp3) is 0.500. The minimum atomic E-state index is -0.421. The standard InChI is InChI=1S/C12H19BO2/c1-8(2)15-12-9(3)6-11(13(5)14)7-10(12)4/h6-8,14H,1-5H3. The van der Waals surface area contributed by atoms with Crippen molar-refractivity contribution in [1.82, 2.24) is 0 Å². The van der Waals surface area contributed by atoms with Crippen LogP contribution in [0.2, 0.25) is 6.82 Å². The van der Waals surface area contributed by atoms with Crippen molar-refractivity contribution in [3.63, 3.8) is 0 Å². The maximum atomic E-state index is 9.50. The van der Waals surface area contributed by atoms with Gasteiger partial charge in [0.25, 0.3) is 0 Å². The van der Waals surface area contributed by atoms with Gasteiger partial charge in [-0.25, -0.2) is 0 Å². The van der Waals surface area contributed by atoms with Gasteiger partial charge in [-0.1, -0.05) is 19.0 Å². The molecule has 0 amide bonds. The zero-order valence-electron chi connectivity index (χ0n) is 10.2. The Kier molecular flexibility index (Phi) is 3.80. The number of hydrogen-bond acceptors (Lipinski definition) is 2. The Balaban J connectivity index is 3.10. The summed E-state index contributed by atoms with van der Waals surface area (Å²) in [6, 6.07) is 3.96. The van der Waals surface area contributed by atoms with E-state index < -0.39 is 6.92 Å². The molecule has 2 nitrogen and oxygen atoms in total. The van der Waals surface area contributed by atoms with Gasteiger partial charge in [0.15, 0.2) is 0 Å². The minimum absolute atomic E-state index is 0.180. The summed E-state index contributed by atoms with van der Waals surface area (Å²) in [5, 5.41) is 9.50. The highest BCUT2D eigenvalue weighted by molar-refractivity contribution is 6.64. The topological polar surface area (TPSA) is 29.5 Å². The average Bonchev–Trinajstić information content (AvgIpc) is 2.10. The van der Waals surface area contributed by atoms with E-state index in [0.29, 0.717) is 0 Å². The van der Waals surface area contributed by atoms with Gasteiger partial charge in [0.2, 0.25) is 0 Å². The molecule has 1 aromatic carbocycles. The van der Waals surface area contributed by atoms with E-state index in [2.05, 4.69) is 0 Å². The van der Waals surface area contributed by atoms with Crippen LogP contribution in [0.15, 0.2) is 12.1 Å². The Bertz CT molecular complexity index is 322. The lowest BCUT2D eigenvalue weighted by atomic mass is 9.64. The van der Waals surface area contributed by atoms with Crippen molar-refractivity contribution in [1.29, 1.82) is 0 Å². The first-order valence-corrected chi connectivity index (χ1v) is 5.37. The quantitative estimate of drug-likeness (QED) is 0.765. The van der Waals surface area contributed by atoms with Gasteiger partial charge in [-0.2, -0.15) is 0 Å². The zero-order chi connectivity index (χ0) is 11.6. The highest BCUT2D eigenvalue weighted by atomic mass is 16.5. The van der Waals surface area contributed by atoms with Crippen molar-refractivity contribution < 1.29 is 9.76 Å². The van der Waals surface area contributed by atoms with Crippen LogP contribution in [0.5, 0.6) is 5.75 Å². The predicted molar refractivity (Wildman–Crippen MR) is 65.2 cm³/mol. The zero-order valence-corrected chi connectivity index (χ0v) is 10.2. The van der Waals surface area contributed by atoms with Crippen molar-refractivity contribution >= 4 is 12.4 Å². The van der Waals surface area contributed by atoms with E-state index in [9.17, 15) is 5.02 Å². The number of aryl methyl sites for hydroxylation is 2. The summed E-state index contributed by atoms with van der Waals surface area (Å²) in [5.41, 5.74) is 3.11. The Morgan fingerprint density at radius 2 is 1.67 bits per heavy atom. The molecule has 82 valence electrons. The van der Waals surface area contributed by atoms with E-state index in [1.54, 1.807) is 6.82 Å². The summed E-state index contributed by atoms with van der Waals surface area (Å²) in [5.74, 6) is 0.939. The maximum Gasteiger partial charge on any atom is 0.320 e. The minimum Gasteiger partial charge on any atom is -0.490 e. The molecule has 0 saturated heterocycles. The van der Waals surface area contributed by atoms with Gasteiger partial charge in [-0.15, -0.1) is 0 Å². The van der Waals surface area contributed by atoms with Crippen LogP contribution in [0.3, 0.4) is 0 Å². The molecule has 0 atom stereocenters. The molecule has 0 aliphatic heterocycles. The third-order valence-corrected chi connectivity index (χ3v) is 2.32. The number of ether oxygens (including phenoxy) is 1. The van der Waals surface area contributed by atoms with Crippen LogP contribution in [0, 0.1) is 13.8 Å². The maximum absolute atomic E-state index is 9.50. The van der Waals surface area contributed by atoms with Crippen molar-refractivity contribution in [2.45, 2.75) is 40.6 Å². The van der Waals surface area contributed by atoms with Gasteiger partial charge in [-0.3, -0.25) is 0 Å². The van der Waals surface area contributed by atoms with E-state index in [4.69, 9.17) is 4.74 Å². The van der Waals surface area contributed by atoms with Gasteiger partial charge in [0.1, 0.15) is 5.75 Å². The normalized spacial score (nSPS) is 10.6. The second-order valence-electron chi connectivity index (χ2n) is 4.33. The summed E-state index contributed by atoms with van der Waals surface area (Å²) in [4.78, 5) is 0.